The predicted molar refractivity (Wildman–Crippen MR) is 108 cm³/mol. The molecule has 1 heterocycles. The molecule has 0 saturated carbocycles. The number of ether oxygens (including phenoxy) is 1. The van der Waals surface area contributed by atoms with Crippen molar-refractivity contribution in [3.05, 3.63) is 83.2 Å². The van der Waals surface area contributed by atoms with Gasteiger partial charge in [0.1, 0.15) is 0 Å². The minimum absolute atomic E-state index is 0.0602. The van der Waals surface area contributed by atoms with Crippen LogP contribution in [0.15, 0.2) is 54.6 Å². The summed E-state index contributed by atoms with van der Waals surface area (Å²) in [5, 5.41) is 6.80. The maximum atomic E-state index is 13.2. The Labute approximate surface area is 171 Å². The van der Waals surface area contributed by atoms with E-state index in [9.17, 15) is 18.4 Å². The Bertz CT molecular complexity index is 1110. The van der Waals surface area contributed by atoms with Crippen molar-refractivity contribution in [3.8, 4) is 5.69 Å². The molecular weight excluding hydrogens is 392 g/mol. The van der Waals surface area contributed by atoms with E-state index in [2.05, 4.69) is 10.4 Å². The second-order valence-electron chi connectivity index (χ2n) is 6.45. The number of nitrogens with zero attached hydrogens (tertiary/aromatic N) is 2. The van der Waals surface area contributed by atoms with Gasteiger partial charge >= 0.3 is 5.97 Å². The number of anilines is 1. The third-order valence-corrected chi connectivity index (χ3v) is 4.28. The van der Waals surface area contributed by atoms with Crippen LogP contribution in [-0.4, -0.2) is 28.3 Å². The smallest absolute Gasteiger partial charge is 0.331 e. The van der Waals surface area contributed by atoms with E-state index in [-0.39, 0.29) is 5.69 Å². The Kier molecular flexibility index (Phi) is 6.36. The molecule has 8 heteroatoms. The molecule has 0 atom stereocenters. The van der Waals surface area contributed by atoms with Gasteiger partial charge in [0.15, 0.2) is 18.2 Å². The standard InChI is InChI=1S/C22H19F2N3O3/c1-14-18(15(2)27(26-14)17-6-4-3-5-7-17)9-11-22(29)30-13-21(28)25-16-8-10-19(23)20(24)12-16/h3-12H,13H2,1-2H3,(H,25,28)/b11-9+. The van der Waals surface area contributed by atoms with Gasteiger partial charge in [0.25, 0.3) is 5.91 Å². The summed E-state index contributed by atoms with van der Waals surface area (Å²) in [4.78, 5) is 23.8. The van der Waals surface area contributed by atoms with E-state index < -0.39 is 30.1 Å². The highest BCUT2D eigenvalue weighted by atomic mass is 19.2. The first-order valence-corrected chi connectivity index (χ1v) is 9.06. The third kappa shape index (κ3) is 4.96. The molecule has 0 aliphatic carbocycles. The van der Waals surface area contributed by atoms with E-state index in [1.54, 1.807) is 10.8 Å². The van der Waals surface area contributed by atoms with Crippen molar-refractivity contribution in [1.82, 2.24) is 9.78 Å². The molecule has 30 heavy (non-hydrogen) atoms. The summed E-state index contributed by atoms with van der Waals surface area (Å²) < 4.78 is 32.7. The van der Waals surface area contributed by atoms with Crippen LogP contribution in [0.5, 0.6) is 0 Å². The number of carbonyl (C=O) groups excluding carboxylic acids is 2. The maximum absolute atomic E-state index is 13.2. The average Bonchev–Trinajstić information content (AvgIpc) is 3.02. The molecule has 0 aliphatic rings. The van der Waals surface area contributed by atoms with Crippen molar-refractivity contribution in [2.24, 2.45) is 0 Å². The fourth-order valence-corrected chi connectivity index (χ4v) is 2.82. The summed E-state index contributed by atoms with van der Waals surface area (Å²) >= 11 is 0. The van der Waals surface area contributed by atoms with Crippen molar-refractivity contribution < 1.29 is 23.1 Å². The zero-order chi connectivity index (χ0) is 21.7. The zero-order valence-electron chi connectivity index (χ0n) is 16.4. The summed E-state index contributed by atoms with van der Waals surface area (Å²) in [5.41, 5.74) is 3.30. The van der Waals surface area contributed by atoms with Crippen molar-refractivity contribution in [3.63, 3.8) is 0 Å². The number of nitrogens with one attached hydrogen (secondary N) is 1. The van der Waals surface area contributed by atoms with Crippen LogP contribution < -0.4 is 5.32 Å². The molecule has 1 amide bonds. The number of hydrogen-bond acceptors (Lipinski definition) is 4. The minimum atomic E-state index is -1.09. The number of para-hydroxylation sites is 1. The number of amides is 1. The van der Waals surface area contributed by atoms with Crippen LogP contribution in [0.3, 0.4) is 0 Å². The molecule has 6 nitrogen and oxygen atoms in total. The molecule has 1 aromatic heterocycles. The summed E-state index contributed by atoms with van der Waals surface area (Å²) in [5.74, 6) is -3.51. The molecular formula is C22H19F2N3O3. The van der Waals surface area contributed by atoms with Gasteiger partial charge in [0, 0.05) is 29.1 Å². The van der Waals surface area contributed by atoms with Crippen molar-refractivity contribution in [1.29, 1.82) is 0 Å². The maximum Gasteiger partial charge on any atom is 0.331 e. The van der Waals surface area contributed by atoms with Gasteiger partial charge in [-0.05, 0) is 44.2 Å². The van der Waals surface area contributed by atoms with Gasteiger partial charge in [-0.1, -0.05) is 18.2 Å². The quantitative estimate of drug-likeness (QED) is 0.492. The number of aromatic nitrogens is 2. The predicted octanol–water partition coefficient (Wildman–Crippen LogP) is 3.96. The summed E-state index contributed by atoms with van der Waals surface area (Å²) in [7, 11) is 0. The molecule has 154 valence electrons. The van der Waals surface area contributed by atoms with E-state index in [1.807, 2.05) is 44.2 Å². The van der Waals surface area contributed by atoms with Gasteiger partial charge < -0.3 is 10.1 Å². The highest BCUT2D eigenvalue weighted by Crippen LogP contribution is 2.19. The van der Waals surface area contributed by atoms with Gasteiger partial charge in [0.05, 0.1) is 11.4 Å². The second kappa shape index (κ2) is 9.13. The van der Waals surface area contributed by atoms with E-state index in [4.69, 9.17) is 4.74 Å². The fourth-order valence-electron chi connectivity index (χ4n) is 2.82. The van der Waals surface area contributed by atoms with Crippen LogP contribution in [0.4, 0.5) is 14.5 Å². The lowest BCUT2D eigenvalue weighted by Gasteiger charge is -2.06. The van der Waals surface area contributed by atoms with Crippen LogP contribution in [-0.2, 0) is 14.3 Å². The molecule has 3 rings (SSSR count). The van der Waals surface area contributed by atoms with Crippen LogP contribution in [0.25, 0.3) is 11.8 Å². The highest BCUT2D eigenvalue weighted by molar-refractivity contribution is 5.94. The highest BCUT2D eigenvalue weighted by Gasteiger charge is 2.12. The summed E-state index contributed by atoms with van der Waals surface area (Å²) in [6.45, 7) is 3.14. The first kappa shape index (κ1) is 20.9. The number of benzene rings is 2. The largest absolute Gasteiger partial charge is 0.452 e. The lowest BCUT2D eigenvalue weighted by Crippen LogP contribution is -2.20. The minimum Gasteiger partial charge on any atom is -0.452 e. The van der Waals surface area contributed by atoms with Gasteiger partial charge in [-0.2, -0.15) is 5.10 Å². The lowest BCUT2D eigenvalue weighted by atomic mass is 10.2. The number of esters is 1. The van der Waals surface area contributed by atoms with Gasteiger partial charge in [-0.3, -0.25) is 4.79 Å². The summed E-state index contributed by atoms with van der Waals surface area (Å²) in [6.07, 6.45) is 2.78. The number of aryl methyl sites for hydroxylation is 1. The molecule has 0 saturated heterocycles. The third-order valence-electron chi connectivity index (χ3n) is 4.28. The van der Waals surface area contributed by atoms with Crippen LogP contribution in [0.1, 0.15) is 17.0 Å². The van der Waals surface area contributed by atoms with Crippen LogP contribution >= 0.6 is 0 Å². The van der Waals surface area contributed by atoms with Gasteiger partial charge in [-0.25, -0.2) is 18.3 Å². The van der Waals surface area contributed by atoms with Crippen LogP contribution in [0.2, 0.25) is 0 Å². The molecule has 1 N–H and O–H groups in total. The van der Waals surface area contributed by atoms with E-state index in [0.29, 0.717) is 0 Å². The lowest BCUT2D eigenvalue weighted by molar-refractivity contribution is -0.142. The topological polar surface area (TPSA) is 73.2 Å². The van der Waals surface area contributed by atoms with Crippen molar-refractivity contribution >= 4 is 23.6 Å². The second-order valence-corrected chi connectivity index (χ2v) is 6.45. The molecule has 3 aromatic rings. The molecule has 2 aromatic carbocycles. The number of rotatable bonds is 6. The fraction of sp³-hybridized carbons (Fsp3) is 0.136. The number of halogens is 2. The SMILES string of the molecule is Cc1nn(-c2ccccc2)c(C)c1/C=C/C(=O)OCC(=O)Nc1ccc(F)c(F)c1. The van der Waals surface area contributed by atoms with Crippen molar-refractivity contribution in [2.75, 3.05) is 11.9 Å². The van der Waals surface area contributed by atoms with E-state index in [1.165, 1.54) is 12.1 Å². The molecule has 0 radical (unpaired) electrons. The first-order chi connectivity index (χ1) is 14.3. The Balaban J connectivity index is 1.59. The zero-order valence-corrected chi connectivity index (χ0v) is 16.4. The number of carbonyl (C=O) groups is 2. The molecule has 0 fully saturated rings. The average molecular weight is 411 g/mol. The van der Waals surface area contributed by atoms with Crippen molar-refractivity contribution in [2.45, 2.75) is 13.8 Å². The van der Waals surface area contributed by atoms with E-state index >= 15 is 0 Å². The Morgan fingerprint density at radius 1 is 1.10 bits per heavy atom. The van der Waals surface area contributed by atoms with Crippen LogP contribution in [0, 0.1) is 25.5 Å². The number of hydrogen-bond donors (Lipinski definition) is 1. The molecule has 0 unspecified atom stereocenters. The monoisotopic (exact) mass is 411 g/mol. The Morgan fingerprint density at radius 3 is 2.53 bits per heavy atom. The van der Waals surface area contributed by atoms with E-state index in [0.717, 1.165) is 34.8 Å². The van der Waals surface area contributed by atoms with Gasteiger partial charge in [-0.15, -0.1) is 0 Å². The Morgan fingerprint density at radius 2 is 1.83 bits per heavy atom. The van der Waals surface area contributed by atoms with Gasteiger partial charge in [0.2, 0.25) is 0 Å². The summed E-state index contributed by atoms with van der Waals surface area (Å²) in [6, 6.07) is 12.5. The molecule has 0 aliphatic heterocycles. The Hall–Kier alpha value is -3.81. The molecule has 0 bridgehead atoms. The normalized spacial score (nSPS) is 10.9. The first-order valence-electron chi connectivity index (χ1n) is 9.06. The molecule has 0 spiro atoms.